The molecule has 0 amide bonds. The van der Waals surface area contributed by atoms with Crippen LogP contribution < -0.4 is 0 Å². The molecule has 5 nitrogen and oxygen atoms in total. The van der Waals surface area contributed by atoms with Gasteiger partial charge in [-0.3, -0.25) is 4.79 Å². The van der Waals surface area contributed by atoms with Gasteiger partial charge in [-0.05, 0) is 31.1 Å². The number of hydrogen-bond donors (Lipinski definition) is 1. The molecule has 20 heavy (non-hydrogen) atoms. The zero-order chi connectivity index (χ0) is 15.3. The second kappa shape index (κ2) is 6.65. The van der Waals surface area contributed by atoms with Crippen molar-refractivity contribution in [2.24, 2.45) is 0 Å². The standard InChI is InChI=1S/C15H16O5/c1-4-12(13(16)9(2)3)20-15(19)11-8-6-5-7-10(11)14(17)18/h5-8,12H,2,4H2,1,3H3,(H,17,18). The quantitative estimate of drug-likeness (QED) is 0.637. The number of ether oxygens (including phenoxy) is 1. The van der Waals surface area contributed by atoms with Gasteiger partial charge in [0.05, 0.1) is 11.1 Å². The summed E-state index contributed by atoms with van der Waals surface area (Å²) in [6, 6.07) is 5.70. The van der Waals surface area contributed by atoms with Crippen LogP contribution in [-0.2, 0) is 9.53 Å². The summed E-state index contributed by atoms with van der Waals surface area (Å²) in [5.41, 5.74) is 0.0549. The van der Waals surface area contributed by atoms with Gasteiger partial charge in [0.25, 0.3) is 0 Å². The number of benzene rings is 1. The molecule has 0 bridgehead atoms. The second-order valence-corrected chi connectivity index (χ2v) is 4.30. The van der Waals surface area contributed by atoms with Crippen molar-refractivity contribution in [2.45, 2.75) is 26.4 Å². The third-order valence-corrected chi connectivity index (χ3v) is 2.71. The van der Waals surface area contributed by atoms with E-state index in [1.807, 2.05) is 0 Å². The van der Waals surface area contributed by atoms with Crippen molar-refractivity contribution in [3.63, 3.8) is 0 Å². The van der Waals surface area contributed by atoms with Crippen LogP contribution in [0.3, 0.4) is 0 Å². The van der Waals surface area contributed by atoms with Crippen LogP contribution in [0.2, 0.25) is 0 Å². The van der Waals surface area contributed by atoms with E-state index >= 15 is 0 Å². The summed E-state index contributed by atoms with van der Waals surface area (Å²) < 4.78 is 5.09. The fourth-order valence-electron chi connectivity index (χ4n) is 1.64. The average molecular weight is 276 g/mol. The lowest BCUT2D eigenvalue weighted by Gasteiger charge is -2.15. The van der Waals surface area contributed by atoms with Gasteiger partial charge in [0.15, 0.2) is 11.9 Å². The minimum atomic E-state index is -1.23. The van der Waals surface area contributed by atoms with Crippen molar-refractivity contribution < 1.29 is 24.2 Å². The van der Waals surface area contributed by atoms with E-state index in [2.05, 4.69) is 6.58 Å². The minimum Gasteiger partial charge on any atom is -0.478 e. The van der Waals surface area contributed by atoms with E-state index in [0.29, 0.717) is 6.42 Å². The van der Waals surface area contributed by atoms with Gasteiger partial charge >= 0.3 is 11.9 Å². The van der Waals surface area contributed by atoms with Gasteiger partial charge < -0.3 is 9.84 Å². The number of ketones is 1. The lowest BCUT2D eigenvalue weighted by atomic mass is 10.1. The van der Waals surface area contributed by atoms with Gasteiger partial charge in [0.2, 0.25) is 0 Å². The number of carboxylic acids is 1. The Balaban J connectivity index is 2.99. The van der Waals surface area contributed by atoms with Crippen molar-refractivity contribution in [3.05, 3.63) is 47.5 Å². The molecule has 1 aromatic carbocycles. The number of hydrogen-bond acceptors (Lipinski definition) is 4. The molecule has 0 spiro atoms. The number of rotatable bonds is 6. The molecular weight excluding hydrogens is 260 g/mol. The number of Topliss-reactive ketones (excluding diaryl/α,β-unsaturated/α-hetero) is 1. The third-order valence-electron chi connectivity index (χ3n) is 2.71. The van der Waals surface area contributed by atoms with Crippen LogP contribution in [0, 0.1) is 0 Å². The third kappa shape index (κ3) is 3.54. The van der Waals surface area contributed by atoms with E-state index in [0.717, 1.165) is 0 Å². The van der Waals surface area contributed by atoms with Crippen molar-refractivity contribution in [2.75, 3.05) is 0 Å². The van der Waals surface area contributed by atoms with Crippen molar-refractivity contribution in [1.29, 1.82) is 0 Å². The molecule has 0 saturated carbocycles. The molecule has 0 aromatic heterocycles. The van der Waals surface area contributed by atoms with Gasteiger partial charge in [-0.25, -0.2) is 9.59 Å². The Morgan fingerprint density at radius 2 is 1.80 bits per heavy atom. The molecule has 5 heteroatoms. The van der Waals surface area contributed by atoms with Crippen molar-refractivity contribution in [3.8, 4) is 0 Å². The number of carbonyl (C=O) groups is 3. The Bertz CT molecular complexity index is 559. The summed E-state index contributed by atoms with van der Waals surface area (Å²) in [6.45, 7) is 6.74. The average Bonchev–Trinajstić information content (AvgIpc) is 2.43. The molecule has 0 aliphatic carbocycles. The van der Waals surface area contributed by atoms with Gasteiger partial charge in [-0.1, -0.05) is 25.6 Å². The Morgan fingerprint density at radius 1 is 1.25 bits per heavy atom. The molecule has 106 valence electrons. The van der Waals surface area contributed by atoms with Crippen LogP contribution in [-0.4, -0.2) is 28.9 Å². The van der Waals surface area contributed by atoms with Gasteiger partial charge in [0.1, 0.15) is 0 Å². The van der Waals surface area contributed by atoms with Crippen LogP contribution in [0.1, 0.15) is 41.0 Å². The van der Waals surface area contributed by atoms with E-state index in [4.69, 9.17) is 9.84 Å². The predicted molar refractivity (Wildman–Crippen MR) is 72.7 cm³/mol. The highest BCUT2D eigenvalue weighted by molar-refractivity contribution is 6.04. The molecule has 0 aliphatic heterocycles. The van der Waals surface area contributed by atoms with Crippen molar-refractivity contribution >= 4 is 17.7 Å². The Kier molecular flexibility index (Phi) is 5.20. The van der Waals surface area contributed by atoms with Crippen LogP contribution in [0.4, 0.5) is 0 Å². The smallest absolute Gasteiger partial charge is 0.339 e. The molecule has 0 fully saturated rings. The molecular formula is C15H16O5. The topological polar surface area (TPSA) is 80.7 Å². The zero-order valence-electron chi connectivity index (χ0n) is 11.4. The van der Waals surface area contributed by atoms with Crippen molar-refractivity contribution in [1.82, 2.24) is 0 Å². The number of aromatic carboxylic acids is 1. The lowest BCUT2D eigenvalue weighted by Crippen LogP contribution is -2.27. The monoisotopic (exact) mass is 276 g/mol. The van der Waals surface area contributed by atoms with Gasteiger partial charge in [0, 0.05) is 0 Å². The number of carbonyl (C=O) groups excluding carboxylic acids is 2. The maximum atomic E-state index is 12.0. The molecule has 1 N–H and O–H groups in total. The molecule has 1 rings (SSSR count). The Morgan fingerprint density at radius 3 is 2.25 bits per heavy atom. The number of carboxylic acid groups (broad SMARTS) is 1. The summed E-state index contributed by atoms with van der Waals surface area (Å²) in [6.07, 6.45) is -0.644. The van der Waals surface area contributed by atoms with Crippen LogP contribution in [0.15, 0.2) is 36.4 Å². The van der Waals surface area contributed by atoms with E-state index in [1.54, 1.807) is 6.92 Å². The molecule has 1 atom stereocenters. The Hall–Kier alpha value is -2.43. The van der Waals surface area contributed by atoms with Gasteiger partial charge in [-0.2, -0.15) is 0 Å². The van der Waals surface area contributed by atoms with E-state index in [1.165, 1.54) is 31.2 Å². The predicted octanol–water partition coefficient (Wildman–Crippen LogP) is 2.47. The summed E-state index contributed by atoms with van der Waals surface area (Å²) in [7, 11) is 0. The summed E-state index contributed by atoms with van der Waals surface area (Å²) in [5, 5.41) is 9.01. The molecule has 0 saturated heterocycles. The van der Waals surface area contributed by atoms with E-state index in [-0.39, 0.29) is 22.5 Å². The highest BCUT2D eigenvalue weighted by Crippen LogP contribution is 2.14. The van der Waals surface area contributed by atoms with Crippen LogP contribution >= 0.6 is 0 Å². The maximum absolute atomic E-state index is 12.0. The first-order valence-corrected chi connectivity index (χ1v) is 6.11. The first-order valence-electron chi connectivity index (χ1n) is 6.11. The van der Waals surface area contributed by atoms with Gasteiger partial charge in [-0.15, -0.1) is 0 Å². The van der Waals surface area contributed by atoms with Crippen LogP contribution in [0.25, 0.3) is 0 Å². The summed E-state index contributed by atoms with van der Waals surface area (Å²) in [4.78, 5) is 34.8. The first-order chi connectivity index (χ1) is 9.38. The first kappa shape index (κ1) is 15.6. The summed E-state index contributed by atoms with van der Waals surface area (Å²) in [5.74, 6) is -2.42. The maximum Gasteiger partial charge on any atom is 0.339 e. The highest BCUT2D eigenvalue weighted by atomic mass is 16.5. The molecule has 1 unspecified atom stereocenters. The Labute approximate surface area is 116 Å². The largest absolute Gasteiger partial charge is 0.478 e. The number of esters is 1. The highest BCUT2D eigenvalue weighted by Gasteiger charge is 2.24. The molecule has 1 aromatic rings. The normalized spacial score (nSPS) is 11.5. The zero-order valence-corrected chi connectivity index (χ0v) is 11.4. The summed E-state index contributed by atoms with van der Waals surface area (Å²) >= 11 is 0. The minimum absolute atomic E-state index is 0.0760. The molecule has 0 aliphatic rings. The molecule has 0 heterocycles. The van der Waals surface area contributed by atoms with Crippen LogP contribution in [0.5, 0.6) is 0 Å². The van der Waals surface area contributed by atoms with E-state index in [9.17, 15) is 14.4 Å². The fourth-order valence-corrected chi connectivity index (χ4v) is 1.64. The van der Waals surface area contributed by atoms with E-state index < -0.39 is 18.0 Å². The lowest BCUT2D eigenvalue weighted by molar-refractivity contribution is -0.124. The second-order valence-electron chi connectivity index (χ2n) is 4.30. The molecule has 0 radical (unpaired) electrons. The SMILES string of the molecule is C=C(C)C(=O)C(CC)OC(=O)c1ccccc1C(=O)O. The fraction of sp³-hybridized carbons (Fsp3) is 0.267.